The van der Waals surface area contributed by atoms with Gasteiger partial charge in [-0.2, -0.15) is 0 Å². The molecular weight excluding hydrogens is 290 g/mol. The molecular formula is C11H14BrNO2S. The van der Waals surface area contributed by atoms with Crippen molar-refractivity contribution in [1.29, 1.82) is 0 Å². The van der Waals surface area contributed by atoms with Gasteiger partial charge in [-0.3, -0.25) is 4.90 Å². The van der Waals surface area contributed by atoms with Gasteiger partial charge in [-0.25, -0.2) is 4.79 Å². The van der Waals surface area contributed by atoms with Crippen molar-refractivity contribution in [2.24, 2.45) is 0 Å². The number of halogens is 1. The van der Waals surface area contributed by atoms with E-state index in [-0.39, 0.29) is 12.0 Å². The predicted molar refractivity (Wildman–Crippen MR) is 67.6 cm³/mol. The number of thiophene rings is 1. The Balaban J connectivity index is 2.22. The Morgan fingerprint density at radius 1 is 1.69 bits per heavy atom. The van der Waals surface area contributed by atoms with E-state index in [0.717, 1.165) is 9.35 Å². The van der Waals surface area contributed by atoms with E-state index in [1.54, 1.807) is 11.3 Å². The van der Waals surface area contributed by atoms with Crippen LogP contribution in [0.4, 0.5) is 0 Å². The summed E-state index contributed by atoms with van der Waals surface area (Å²) in [6, 6.07) is 2.27. The minimum Gasteiger partial charge on any atom is -0.468 e. The molecule has 0 radical (unpaired) electrons. The fourth-order valence-electron chi connectivity index (χ4n) is 1.76. The summed E-state index contributed by atoms with van der Waals surface area (Å²) in [6.45, 7) is 0. The van der Waals surface area contributed by atoms with Crippen LogP contribution in [0.5, 0.6) is 0 Å². The molecule has 1 aromatic rings. The van der Waals surface area contributed by atoms with Crippen LogP contribution in [0.2, 0.25) is 0 Å². The molecule has 5 heteroatoms. The quantitative estimate of drug-likeness (QED) is 0.801. The lowest BCUT2D eigenvalue weighted by Gasteiger charge is -2.24. The number of hydrogen-bond acceptors (Lipinski definition) is 4. The first-order valence-electron chi connectivity index (χ1n) is 5.17. The monoisotopic (exact) mass is 303 g/mol. The number of esters is 1. The van der Waals surface area contributed by atoms with Gasteiger partial charge in [-0.05, 0) is 41.9 Å². The maximum atomic E-state index is 11.8. The molecule has 1 aliphatic carbocycles. The summed E-state index contributed by atoms with van der Waals surface area (Å²) in [6.07, 6.45) is 2.35. The zero-order chi connectivity index (χ0) is 11.7. The van der Waals surface area contributed by atoms with Crippen molar-refractivity contribution in [1.82, 2.24) is 4.90 Å². The largest absolute Gasteiger partial charge is 0.468 e. The van der Waals surface area contributed by atoms with E-state index in [9.17, 15) is 4.79 Å². The Morgan fingerprint density at radius 3 is 2.81 bits per heavy atom. The summed E-state index contributed by atoms with van der Waals surface area (Å²) in [7, 11) is 3.44. The van der Waals surface area contributed by atoms with Crippen LogP contribution >= 0.6 is 27.3 Å². The molecule has 1 aliphatic rings. The third-order valence-corrected chi connectivity index (χ3v) is 4.56. The molecule has 1 aromatic heterocycles. The highest BCUT2D eigenvalue weighted by atomic mass is 79.9. The second kappa shape index (κ2) is 4.85. The Labute approximate surface area is 108 Å². The predicted octanol–water partition coefficient (Wildman–Crippen LogP) is 2.82. The first kappa shape index (κ1) is 12.1. The van der Waals surface area contributed by atoms with E-state index >= 15 is 0 Å². The van der Waals surface area contributed by atoms with Crippen LogP contribution in [0, 0.1) is 0 Å². The summed E-state index contributed by atoms with van der Waals surface area (Å²) in [5.41, 5.74) is 0. The highest BCUT2D eigenvalue weighted by molar-refractivity contribution is 9.10. The number of carbonyl (C=O) groups excluding carboxylic acids is 1. The third kappa shape index (κ3) is 2.47. The first-order valence-corrected chi connectivity index (χ1v) is 6.84. The van der Waals surface area contributed by atoms with Gasteiger partial charge in [0.1, 0.15) is 6.04 Å². The van der Waals surface area contributed by atoms with Gasteiger partial charge in [0.2, 0.25) is 0 Å². The maximum Gasteiger partial charge on any atom is 0.328 e. The van der Waals surface area contributed by atoms with E-state index in [1.807, 2.05) is 18.5 Å². The van der Waals surface area contributed by atoms with Crippen molar-refractivity contribution in [3.63, 3.8) is 0 Å². The first-order chi connectivity index (χ1) is 7.63. The number of nitrogens with zero attached hydrogens (tertiary/aromatic N) is 1. The van der Waals surface area contributed by atoms with Crippen LogP contribution < -0.4 is 0 Å². The van der Waals surface area contributed by atoms with Crippen LogP contribution in [-0.2, 0) is 9.53 Å². The number of hydrogen-bond donors (Lipinski definition) is 0. The number of ether oxygens (including phenoxy) is 1. The standard InChI is InChI=1S/C11H14BrNO2S/c1-13(8-3-4-8)10(11(14)15-2)9-5-7(12)6-16-9/h5-6,8,10H,3-4H2,1-2H3. The molecule has 0 aromatic carbocycles. The molecule has 1 fully saturated rings. The average molecular weight is 304 g/mol. The SMILES string of the molecule is COC(=O)C(c1cc(Br)cs1)N(C)C1CC1. The third-order valence-electron chi connectivity index (χ3n) is 2.81. The van der Waals surface area contributed by atoms with Crippen molar-refractivity contribution >= 4 is 33.2 Å². The van der Waals surface area contributed by atoms with E-state index in [1.165, 1.54) is 20.0 Å². The lowest BCUT2D eigenvalue weighted by molar-refractivity contribution is -0.146. The van der Waals surface area contributed by atoms with Gasteiger partial charge in [0, 0.05) is 20.8 Å². The van der Waals surface area contributed by atoms with Crippen LogP contribution in [0.3, 0.4) is 0 Å². The molecule has 0 saturated heterocycles. The maximum absolute atomic E-state index is 11.8. The van der Waals surface area contributed by atoms with E-state index in [2.05, 4.69) is 20.8 Å². The van der Waals surface area contributed by atoms with Crippen molar-refractivity contribution in [3.05, 3.63) is 20.8 Å². The van der Waals surface area contributed by atoms with Crippen LogP contribution in [0.1, 0.15) is 23.8 Å². The summed E-state index contributed by atoms with van der Waals surface area (Å²) >= 11 is 5.00. The Hall–Kier alpha value is -0.390. The molecule has 16 heavy (non-hydrogen) atoms. The Morgan fingerprint density at radius 2 is 2.38 bits per heavy atom. The summed E-state index contributed by atoms with van der Waals surface area (Å²) in [4.78, 5) is 15.0. The van der Waals surface area contributed by atoms with Gasteiger partial charge in [0.25, 0.3) is 0 Å². The molecule has 0 N–H and O–H groups in total. The number of likely N-dealkylation sites (N-methyl/N-ethyl adjacent to an activating group) is 1. The smallest absolute Gasteiger partial charge is 0.328 e. The lowest BCUT2D eigenvalue weighted by atomic mass is 10.2. The van der Waals surface area contributed by atoms with Crippen LogP contribution in [-0.4, -0.2) is 31.1 Å². The van der Waals surface area contributed by atoms with Crippen LogP contribution in [0.25, 0.3) is 0 Å². The zero-order valence-electron chi connectivity index (χ0n) is 9.27. The molecule has 0 spiro atoms. The van der Waals surface area contributed by atoms with Crippen molar-refractivity contribution in [3.8, 4) is 0 Å². The fraction of sp³-hybridized carbons (Fsp3) is 0.545. The fourth-order valence-corrected chi connectivity index (χ4v) is 3.34. The minimum absolute atomic E-state index is 0.177. The van der Waals surface area contributed by atoms with Gasteiger partial charge >= 0.3 is 5.97 Å². The lowest BCUT2D eigenvalue weighted by Crippen LogP contribution is -2.32. The number of carbonyl (C=O) groups is 1. The molecule has 1 saturated carbocycles. The Kier molecular flexibility index (Phi) is 3.66. The molecule has 1 unspecified atom stereocenters. The molecule has 88 valence electrons. The second-order valence-corrected chi connectivity index (χ2v) is 5.85. The molecule has 1 atom stereocenters. The van der Waals surface area contributed by atoms with Crippen LogP contribution in [0.15, 0.2) is 15.9 Å². The molecule has 3 nitrogen and oxygen atoms in total. The van der Waals surface area contributed by atoms with Gasteiger partial charge in [-0.15, -0.1) is 11.3 Å². The van der Waals surface area contributed by atoms with Gasteiger partial charge < -0.3 is 4.74 Å². The highest BCUT2D eigenvalue weighted by Gasteiger charge is 2.36. The normalized spacial score (nSPS) is 17.5. The van der Waals surface area contributed by atoms with Gasteiger partial charge in [0.05, 0.1) is 7.11 Å². The molecule has 2 rings (SSSR count). The summed E-state index contributed by atoms with van der Waals surface area (Å²) in [5, 5.41) is 1.99. The molecule has 1 heterocycles. The van der Waals surface area contributed by atoms with E-state index < -0.39 is 0 Å². The van der Waals surface area contributed by atoms with Crippen molar-refractivity contribution in [2.75, 3.05) is 14.2 Å². The molecule has 0 amide bonds. The number of rotatable bonds is 4. The van der Waals surface area contributed by atoms with Gasteiger partial charge in [-0.1, -0.05) is 0 Å². The number of methoxy groups -OCH3 is 1. The molecule has 0 aliphatic heterocycles. The van der Waals surface area contributed by atoms with Crippen molar-refractivity contribution < 1.29 is 9.53 Å². The van der Waals surface area contributed by atoms with E-state index in [0.29, 0.717) is 6.04 Å². The molecule has 0 bridgehead atoms. The summed E-state index contributed by atoms with van der Waals surface area (Å²) < 4.78 is 5.90. The topological polar surface area (TPSA) is 29.5 Å². The minimum atomic E-state index is -0.256. The van der Waals surface area contributed by atoms with E-state index in [4.69, 9.17) is 4.74 Å². The summed E-state index contributed by atoms with van der Waals surface area (Å²) in [5.74, 6) is -0.177. The second-order valence-electron chi connectivity index (χ2n) is 3.99. The van der Waals surface area contributed by atoms with Crippen molar-refractivity contribution in [2.45, 2.75) is 24.9 Å². The Bertz CT molecular complexity index is 389. The highest BCUT2D eigenvalue weighted by Crippen LogP contribution is 2.36. The average Bonchev–Trinajstić information content (AvgIpc) is 3.03. The zero-order valence-corrected chi connectivity index (χ0v) is 11.7. The van der Waals surface area contributed by atoms with Gasteiger partial charge in [0.15, 0.2) is 0 Å².